The van der Waals surface area contributed by atoms with E-state index in [9.17, 15) is 5.26 Å². The van der Waals surface area contributed by atoms with Gasteiger partial charge in [0.15, 0.2) is 0 Å². The minimum Gasteiger partial charge on any atom is -0.496 e. The summed E-state index contributed by atoms with van der Waals surface area (Å²) in [6.45, 7) is 1.90. The summed E-state index contributed by atoms with van der Waals surface area (Å²) in [5.41, 5.74) is 11.0. The Labute approximate surface area is 182 Å². The highest BCUT2D eigenvalue weighted by Crippen LogP contribution is 2.40. The van der Waals surface area contributed by atoms with Crippen LogP contribution in [0.3, 0.4) is 0 Å². The fourth-order valence-corrected chi connectivity index (χ4v) is 4.44. The van der Waals surface area contributed by atoms with Crippen LogP contribution in [0, 0.1) is 11.3 Å². The molecule has 146 valence electrons. The average molecular weight is 471 g/mol. The molecule has 3 aromatic rings. The molecule has 0 spiro atoms. The summed E-state index contributed by atoms with van der Waals surface area (Å²) in [7, 11) is 1.60. The molecule has 0 amide bonds. The fraction of sp³-hybridized carbons (Fsp3) is 0.190. The molecule has 1 aliphatic rings. The Balaban J connectivity index is 1.72. The molecule has 2 aromatic carbocycles. The maximum atomic E-state index is 9.36. The molecule has 29 heavy (non-hydrogen) atoms. The molecule has 0 saturated carbocycles. The van der Waals surface area contributed by atoms with Crippen molar-refractivity contribution < 1.29 is 4.74 Å². The molecule has 1 aliphatic heterocycles. The number of rotatable bonds is 4. The van der Waals surface area contributed by atoms with Crippen molar-refractivity contribution >= 4 is 33.5 Å². The van der Waals surface area contributed by atoms with Gasteiger partial charge in [-0.05, 0) is 39.7 Å². The molecule has 0 radical (unpaired) electrons. The van der Waals surface area contributed by atoms with Gasteiger partial charge in [-0.3, -0.25) is 4.90 Å². The Morgan fingerprint density at radius 2 is 2.07 bits per heavy atom. The lowest BCUT2D eigenvalue weighted by Gasteiger charge is -2.15. The number of aromatic nitrogens is 2. The number of anilines is 1. The van der Waals surface area contributed by atoms with Gasteiger partial charge in [0.2, 0.25) is 5.95 Å². The van der Waals surface area contributed by atoms with E-state index >= 15 is 0 Å². The maximum absolute atomic E-state index is 9.36. The zero-order valence-corrected chi connectivity index (χ0v) is 18.0. The Hall–Kier alpha value is -2.66. The van der Waals surface area contributed by atoms with E-state index in [1.54, 1.807) is 13.2 Å². The molecule has 0 fully saturated rings. The SMILES string of the molecule is COc1cc(-c2nc(N)nc3c2CN(Cc2ccccc2C#N)C3)c(Cl)cc1Br. The highest BCUT2D eigenvalue weighted by atomic mass is 79.9. The highest BCUT2D eigenvalue weighted by molar-refractivity contribution is 9.10. The zero-order valence-electron chi connectivity index (χ0n) is 15.6. The second kappa shape index (κ2) is 7.99. The number of hydrogen-bond acceptors (Lipinski definition) is 6. The van der Waals surface area contributed by atoms with Crippen LogP contribution < -0.4 is 10.5 Å². The molecule has 6 nitrogen and oxygen atoms in total. The van der Waals surface area contributed by atoms with Gasteiger partial charge in [-0.2, -0.15) is 5.26 Å². The summed E-state index contributed by atoms with van der Waals surface area (Å²) < 4.78 is 6.18. The lowest BCUT2D eigenvalue weighted by molar-refractivity contribution is 0.274. The molecule has 4 rings (SSSR count). The maximum Gasteiger partial charge on any atom is 0.220 e. The van der Waals surface area contributed by atoms with E-state index in [-0.39, 0.29) is 5.95 Å². The third-order valence-electron chi connectivity index (χ3n) is 4.89. The molecular formula is C21H17BrClN5O. The van der Waals surface area contributed by atoms with Gasteiger partial charge in [0, 0.05) is 30.8 Å². The van der Waals surface area contributed by atoms with Crippen LogP contribution in [-0.4, -0.2) is 22.0 Å². The van der Waals surface area contributed by atoms with Gasteiger partial charge in [-0.25, -0.2) is 9.97 Å². The number of hydrogen-bond donors (Lipinski definition) is 1. The van der Waals surface area contributed by atoms with Crippen molar-refractivity contribution in [3.63, 3.8) is 0 Å². The molecule has 0 saturated heterocycles. The van der Waals surface area contributed by atoms with Gasteiger partial charge in [0.25, 0.3) is 0 Å². The van der Waals surface area contributed by atoms with Gasteiger partial charge in [-0.1, -0.05) is 29.8 Å². The summed E-state index contributed by atoms with van der Waals surface area (Å²) in [5, 5.41) is 9.91. The first kappa shape index (κ1) is 19.6. The number of nitrogens with zero attached hydrogens (tertiary/aromatic N) is 4. The Kier molecular flexibility index (Phi) is 5.41. The number of benzene rings is 2. The van der Waals surface area contributed by atoms with Crippen LogP contribution in [0.5, 0.6) is 5.75 Å². The molecule has 8 heteroatoms. The van der Waals surface area contributed by atoms with Crippen LogP contribution in [0.1, 0.15) is 22.4 Å². The van der Waals surface area contributed by atoms with Crippen molar-refractivity contribution in [3.8, 4) is 23.1 Å². The molecule has 2 heterocycles. The smallest absolute Gasteiger partial charge is 0.220 e. The Morgan fingerprint density at radius 1 is 1.28 bits per heavy atom. The van der Waals surface area contributed by atoms with Crippen LogP contribution in [0.4, 0.5) is 5.95 Å². The van der Waals surface area contributed by atoms with Crippen molar-refractivity contribution in [2.24, 2.45) is 0 Å². The Morgan fingerprint density at radius 3 is 2.83 bits per heavy atom. The van der Waals surface area contributed by atoms with Crippen LogP contribution in [0.2, 0.25) is 5.02 Å². The molecule has 2 N–H and O–H groups in total. The van der Waals surface area contributed by atoms with Crippen molar-refractivity contribution in [1.82, 2.24) is 14.9 Å². The standard InChI is InChI=1S/C21H17BrClN5O/c1-29-19-6-14(17(23)7-16(19)22)20-15-10-28(11-18(15)26-21(25)27-20)9-13-5-3-2-4-12(13)8-24/h2-7H,9-11H2,1H3,(H2,25,26,27). The van der Waals surface area contributed by atoms with E-state index in [0.29, 0.717) is 41.7 Å². The molecular weight excluding hydrogens is 454 g/mol. The number of nitrogen functional groups attached to an aromatic ring is 1. The molecule has 1 aromatic heterocycles. The topological polar surface area (TPSA) is 88.1 Å². The van der Waals surface area contributed by atoms with Crippen LogP contribution in [0.25, 0.3) is 11.3 Å². The predicted octanol–water partition coefficient (Wildman–Crippen LogP) is 4.54. The van der Waals surface area contributed by atoms with E-state index in [2.05, 4.69) is 36.9 Å². The summed E-state index contributed by atoms with van der Waals surface area (Å²) in [6, 6.07) is 13.5. The quantitative estimate of drug-likeness (QED) is 0.602. The lowest BCUT2D eigenvalue weighted by Crippen LogP contribution is -2.16. The first-order chi connectivity index (χ1) is 14.0. The monoisotopic (exact) mass is 469 g/mol. The van der Waals surface area contributed by atoms with Gasteiger partial charge >= 0.3 is 0 Å². The summed E-state index contributed by atoms with van der Waals surface area (Å²) in [5.74, 6) is 0.865. The summed E-state index contributed by atoms with van der Waals surface area (Å²) >= 11 is 9.97. The van der Waals surface area contributed by atoms with E-state index in [4.69, 9.17) is 22.1 Å². The van der Waals surface area contributed by atoms with Crippen LogP contribution in [0.15, 0.2) is 40.9 Å². The second-order valence-corrected chi connectivity index (χ2v) is 8.00. The third-order valence-corrected chi connectivity index (χ3v) is 5.83. The van der Waals surface area contributed by atoms with Crippen molar-refractivity contribution in [1.29, 1.82) is 5.26 Å². The zero-order chi connectivity index (χ0) is 20.5. The highest BCUT2D eigenvalue weighted by Gasteiger charge is 2.27. The van der Waals surface area contributed by atoms with Crippen molar-refractivity contribution in [2.75, 3.05) is 12.8 Å². The van der Waals surface area contributed by atoms with Gasteiger partial charge in [0.1, 0.15) is 5.75 Å². The van der Waals surface area contributed by atoms with Crippen LogP contribution in [-0.2, 0) is 19.6 Å². The van der Waals surface area contributed by atoms with E-state index in [1.165, 1.54) is 0 Å². The third kappa shape index (κ3) is 3.79. The van der Waals surface area contributed by atoms with E-state index < -0.39 is 0 Å². The number of ether oxygens (including phenoxy) is 1. The van der Waals surface area contributed by atoms with Gasteiger partial charge < -0.3 is 10.5 Å². The fourth-order valence-electron chi connectivity index (χ4n) is 3.55. The predicted molar refractivity (Wildman–Crippen MR) is 115 cm³/mol. The number of methoxy groups -OCH3 is 1. The Bertz CT molecular complexity index is 1140. The largest absolute Gasteiger partial charge is 0.496 e. The number of halogens is 2. The minimum atomic E-state index is 0.205. The molecule has 0 aliphatic carbocycles. The summed E-state index contributed by atoms with van der Waals surface area (Å²) in [4.78, 5) is 11.1. The molecule has 0 atom stereocenters. The van der Waals surface area contributed by atoms with E-state index in [1.807, 2.05) is 30.3 Å². The first-order valence-electron chi connectivity index (χ1n) is 8.89. The normalized spacial score (nSPS) is 13.2. The van der Waals surface area contributed by atoms with Gasteiger partial charge in [0.05, 0.1) is 39.6 Å². The average Bonchev–Trinajstić information content (AvgIpc) is 3.10. The van der Waals surface area contributed by atoms with Crippen molar-refractivity contribution in [3.05, 3.63) is 68.3 Å². The second-order valence-electron chi connectivity index (χ2n) is 6.74. The van der Waals surface area contributed by atoms with Crippen LogP contribution >= 0.6 is 27.5 Å². The van der Waals surface area contributed by atoms with Gasteiger partial charge in [-0.15, -0.1) is 0 Å². The first-order valence-corrected chi connectivity index (χ1v) is 10.1. The number of nitriles is 1. The summed E-state index contributed by atoms with van der Waals surface area (Å²) in [6.07, 6.45) is 0. The molecule has 0 bridgehead atoms. The van der Waals surface area contributed by atoms with Crippen molar-refractivity contribution in [2.45, 2.75) is 19.6 Å². The number of nitrogens with two attached hydrogens (primary N) is 1. The molecule has 0 unspecified atom stereocenters. The lowest BCUT2D eigenvalue weighted by atomic mass is 10.1. The number of fused-ring (bicyclic) bond motifs is 1. The minimum absolute atomic E-state index is 0.205. The van der Waals surface area contributed by atoms with E-state index in [0.717, 1.165) is 26.9 Å².